The topological polar surface area (TPSA) is 50.7 Å². The Balaban J connectivity index is 1.84. The molecule has 0 bridgehead atoms. The van der Waals surface area contributed by atoms with E-state index in [1.54, 1.807) is 26.4 Å². The van der Waals surface area contributed by atoms with Gasteiger partial charge in [-0.1, -0.05) is 23.7 Å². The van der Waals surface area contributed by atoms with Gasteiger partial charge < -0.3 is 19.9 Å². The highest BCUT2D eigenvalue weighted by molar-refractivity contribution is 6.30. The van der Waals surface area contributed by atoms with Gasteiger partial charge in [-0.05, 0) is 60.3 Å². The molecule has 0 aliphatic carbocycles. The number of aliphatic hydroxyl groups is 1. The third-order valence-electron chi connectivity index (χ3n) is 4.52. The van der Waals surface area contributed by atoms with Crippen LogP contribution in [0.3, 0.4) is 0 Å². The maximum absolute atomic E-state index is 10.6. The highest BCUT2D eigenvalue weighted by atomic mass is 35.5. The van der Waals surface area contributed by atoms with Crippen LogP contribution >= 0.6 is 11.6 Å². The summed E-state index contributed by atoms with van der Waals surface area (Å²) >= 11 is 5.92. The zero-order valence-electron chi connectivity index (χ0n) is 13.9. The average molecular weight is 348 g/mol. The minimum absolute atomic E-state index is 0.0687. The quantitative estimate of drug-likeness (QED) is 0.866. The molecule has 0 fully saturated rings. The van der Waals surface area contributed by atoms with Crippen molar-refractivity contribution in [3.05, 3.63) is 58.1 Å². The van der Waals surface area contributed by atoms with Gasteiger partial charge in [0.15, 0.2) is 11.5 Å². The Kier molecular flexibility index (Phi) is 5.29. The first-order valence-electron chi connectivity index (χ1n) is 8.04. The minimum Gasteiger partial charge on any atom is -0.493 e. The van der Waals surface area contributed by atoms with E-state index in [1.165, 1.54) is 5.56 Å². The molecule has 128 valence electrons. The summed E-state index contributed by atoms with van der Waals surface area (Å²) in [5, 5.41) is 14.7. The van der Waals surface area contributed by atoms with Crippen LogP contribution in [0.5, 0.6) is 11.5 Å². The van der Waals surface area contributed by atoms with Crippen LogP contribution in [-0.2, 0) is 6.42 Å². The maximum Gasteiger partial charge on any atom is 0.161 e. The summed E-state index contributed by atoms with van der Waals surface area (Å²) in [6.45, 7) is 0.875. The Bertz CT molecular complexity index is 703. The zero-order valence-corrected chi connectivity index (χ0v) is 14.6. The summed E-state index contributed by atoms with van der Waals surface area (Å²) in [5.74, 6) is 1.46. The monoisotopic (exact) mass is 347 g/mol. The van der Waals surface area contributed by atoms with Gasteiger partial charge in [-0.25, -0.2) is 0 Å². The van der Waals surface area contributed by atoms with Crippen molar-refractivity contribution in [1.82, 2.24) is 5.32 Å². The summed E-state index contributed by atoms with van der Waals surface area (Å²) in [4.78, 5) is 0. The standard InChI is InChI=1S/C19H22ClNO3/c1-23-18-9-13-7-8-21-16(15(13)10-19(18)24-2)11-17(22)12-3-5-14(20)6-4-12/h3-6,9-10,16-17,21-22H,7-8,11H2,1-2H3/t16-,17-/m0/s1. The number of nitrogens with one attached hydrogen (secondary N) is 1. The van der Waals surface area contributed by atoms with Crippen molar-refractivity contribution < 1.29 is 14.6 Å². The lowest BCUT2D eigenvalue weighted by Crippen LogP contribution is -2.31. The van der Waals surface area contributed by atoms with Crippen LogP contribution in [0, 0.1) is 0 Å². The Morgan fingerprint density at radius 1 is 1.17 bits per heavy atom. The van der Waals surface area contributed by atoms with Crippen LogP contribution in [0.25, 0.3) is 0 Å². The second kappa shape index (κ2) is 7.43. The predicted molar refractivity (Wildman–Crippen MR) is 95.0 cm³/mol. The summed E-state index contributed by atoms with van der Waals surface area (Å²) in [5.41, 5.74) is 3.26. The van der Waals surface area contributed by atoms with E-state index in [-0.39, 0.29) is 6.04 Å². The molecule has 1 heterocycles. The van der Waals surface area contributed by atoms with Crippen molar-refractivity contribution in [2.45, 2.75) is 25.0 Å². The van der Waals surface area contributed by atoms with Gasteiger partial charge in [0.2, 0.25) is 0 Å². The fraction of sp³-hybridized carbons (Fsp3) is 0.368. The highest BCUT2D eigenvalue weighted by Gasteiger charge is 2.25. The number of aliphatic hydroxyl groups excluding tert-OH is 1. The first-order chi connectivity index (χ1) is 11.6. The zero-order chi connectivity index (χ0) is 17.1. The van der Waals surface area contributed by atoms with E-state index in [1.807, 2.05) is 24.3 Å². The van der Waals surface area contributed by atoms with Crippen molar-refractivity contribution in [2.24, 2.45) is 0 Å². The molecule has 0 spiro atoms. The second-order valence-electron chi connectivity index (χ2n) is 5.97. The van der Waals surface area contributed by atoms with Crippen molar-refractivity contribution in [3.8, 4) is 11.5 Å². The fourth-order valence-electron chi connectivity index (χ4n) is 3.22. The van der Waals surface area contributed by atoms with E-state index in [2.05, 4.69) is 5.32 Å². The van der Waals surface area contributed by atoms with Gasteiger partial charge in [-0.15, -0.1) is 0 Å². The van der Waals surface area contributed by atoms with Crippen molar-refractivity contribution in [2.75, 3.05) is 20.8 Å². The number of hydrogen-bond donors (Lipinski definition) is 2. The number of benzene rings is 2. The van der Waals surface area contributed by atoms with Crippen LogP contribution in [-0.4, -0.2) is 25.9 Å². The molecule has 2 aromatic rings. The minimum atomic E-state index is -0.557. The van der Waals surface area contributed by atoms with E-state index < -0.39 is 6.10 Å². The average Bonchev–Trinajstić information content (AvgIpc) is 2.61. The molecule has 4 nitrogen and oxygen atoms in total. The fourth-order valence-corrected chi connectivity index (χ4v) is 3.35. The van der Waals surface area contributed by atoms with E-state index in [4.69, 9.17) is 21.1 Å². The lowest BCUT2D eigenvalue weighted by molar-refractivity contribution is 0.150. The largest absolute Gasteiger partial charge is 0.493 e. The SMILES string of the molecule is COc1cc2c(cc1OC)[C@H](C[C@H](O)c1ccc(Cl)cc1)NCC2. The molecule has 2 atom stereocenters. The van der Waals surface area contributed by atoms with Crippen LogP contribution in [0.2, 0.25) is 5.02 Å². The van der Waals surface area contributed by atoms with Crippen LogP contribution in [0.1, 0.15) is 35.3 Å². The van der Waals surface area contributed by atoms with E-state index in [9.17, 15) is 5.11 Å². The van der Waals surface area contributed by atoms with E-state index >= 15 is 0 Å². The van der Waals surface area contributed by atoms with Gasteiger partial charge in [0.1, 0.15) is 0 Å². The highest BCUT2D eigenvalue weighted by Crippen LogP contribution is 2.38. The normalized spacial score (nSPS) is 17.9. The summed E-state index contributed by atoms with van der Waals surface area (Å²) in [6, 6.07) is 11.5. The summed E-state index contributed by atoms with van der Waals surface area (Å²) in [7, 11) is 3.28. The van der Waals surface area contributed by atoms with Crippen molar-refractivity contribution in [1.29, 1.82) is 0 Å². The lowest BCUT2D eigenvalue weighted by Gasteiger charge is -2.29. The Labute approximate surface area is 147 Å². The van der Waals surface area contributed by atoms with E-state index in [0.29, 0.717) is 17.2 Å². The molecule has 0 radical (unpaired) electrons. The molecule has 0 unspecified atom stereocenters. The van der Waals surface area contributed by atoms with Crippen molar-refractivity contribution in [3.63, 3.8) is 0 Å². The molecule has 24 heavy (non-hydrogen) atoms. The Morgan fingerprint density at radius 2 is 1.83 bits per heavy atom. The smallest absolute Gasteiger partial charge is 0.161 e. The van der Waals surface area contributed by atoms with Gasteiger partial charge in [0.05, 0.1) is 20.3 Å². The molecule has 1 aliphatic rings. The molecular formula is C19H22ClNO3. The molecule has 5 heteroatoms. The summed E-state index contributed by atoms with van der Waals surface area (Å²) < 4.78 is 10.8. The summed E-state index contributed by atoms with van der Waals surface area (Å²) in [6.07, 6.45) is 0.965. The third kappa shape index (κ3) is 3.51. The maximum atomic E-state index is 10.6. The van der Waals surface area contributed by atoms with Gasteiger partial charge in [0.25, 0.3) is 0 Å². The lowest BCUT2D eigenvalue weighted by atomic mass is 9.89. The van der Waals surface area contributed by atoms with Crippen LogP contribution in [0.4, 0.5) is 0 Å². The molecule has 2 aromatic carbocycles. The first-order valence-corrected chi connectivity index (χ1v) is 8.42. The second-order valence-corrected chi connectivity index (χ2v) is 6.40. The number of ether oxygens (including phenoxy) is 2. The van der Waals surface area contributed by atoms with Gasteiger partial charge in [0, 0.05) is 11.1 Å². The van der Waals surface area contributed by atoms with Crippen LogP contribution < -0.4 is 14.8 Å². The Hall–Kier alpha value is -1.75. The Morgan fingerprint density at radius 3 is 2.50 bits per heavy atom. The predicted octanol–water partition coefficient (Wildman–Crippen LogP) is 3.67. The number of hydrogen-bond acceptors (Lipinski definition) is 4. The molecule has 0 amide bonds. The first kappa shape index (κ1) is 17.1. The van der Waals surface area contributed by atoms with Gasteiger partial charge in [-0.3, -0.25) is 0 Å². The number of rotatable bonds is 5. The third-order valence-corrected chi connectivity index (χ3v) is 4.77. The van der Waals surface area contributed by atoms with Gasteiger partial charge in [-0.2, -0.15) is 0 Å². The molecule has 1 aliphatic heterocycles. The van der Waals surface area contributed by atoms with E-state index in [0.717, 1.165) is 29.8 Å². The van der Waals surface area contributed by atoms with Gasteiger partial charge >= 0.3 is 0 Å². The molecule has 0 saturated heterocycles. The number of fused-ring (bicyclic) bond motifs is 1. The van der Waals surface area contributed by atoms with Crippen LogP contribution in [0.15, 0.2) is 36.4 Å². The molecule has 2 N–H and O–H groups in total. The van der Waals surface area contributed by atoms with Crippen molar-refractivity contribution >= 4 is 11.6 Å². The number of methoxy groups -OCH3 is 2. The number of halogens is 1. The molecular weight excluding hydrogens is 326 g/mol. The molecule has 3 rings (SSSR count). The molecule has 0 aromatic heterocycles. The molecule has 0 saturated carbocycles.